The summed E-state index contributed by atoms with van der Waals surface area (Å²) in [5.41, 5.74) is -0.364. The van der Waals surface area contributed by atoms with Crippen LogP contribution in [0.1, 0.15) is 23.7 Å². The van der Waals surface area contributed by atoms with Crippen LogP contribution in [0.15, 0.2) is 60.8 Å². The summed E-state index contributed by atoms with van der Waals surface area (Å²) < 4.78 is 44.8. The summed E-state index contributed by atoms with van der Waals surface area (Å²) in [6.07, 6.45) is -2.88. The van der Waals surface area contributed by atoms with Crippen molar-refractivity contribution in [1.29, 1.82) is 0 Å². The van der Waals surface area contributed by atoms with E-state index in [0.717, 1.165) is 12.1 Å². The third-order valence-corrected chi connectivity index (χ3v) is 4.83. The molecule has 0 aliphatic rings. The molecule has 0 radical (unpaired) electrons. The van der Waals surface area contributed by atoms with Crippen molar-refractivity contribution in [2.24, 2.45) is 0 Å². The maximum absolute atomic E-state index is 12.7. The Morgan fingerprint density at radius 1 is 1.03 bits per heavy atom. The van der Waals surface area contributed by atoms with Crippen LogP contribution in [0.25, 0.3) is 5.65 Å². The van der Waals surface area contributed by atoms with Crippen molar-refractivity contribution >= 4 is 17.3 Å². The van der Waals surface area contributed by atoms with Crippen molar-refractivity contribution in [3.63, 3.8) is 0 Å². The summed E-state index contributed by atoms with van der Waals surface area (Å²) in [5.74, 6) is 0.531. The van der Waals surface area contributed by atoms with Crippen LogP contribution in [0.5, 0.6) is 5.88 Å². The number of benzene rings is 1. The van der Waals surface area contributed by atoms with Crippen LogP contribution in [0.3, 0.4) is 0 Å². The molecule has 1 atom stereocenters. The lowest BCUT2D eigenvalue weighted by Gasteiger charge is -2.24. The highest BCUT2D eigenvalue weighted by atomic mass is 19.4. The first-order valence-electron chi connectivity index (χ1n) is 9.22. The summed E-state index contributed by atoms with van der Waals surface area (Å²) in [6, 6.07) is 13.0. The van der Waals surface area contributed by atoms with Gasteiger partial charge in [-0.05, 0) is 55.0 Å². The van der Waals surface area contributed by atoms with Crippen LogP contribution in [0.2, 0.25) is 0 Å². The number of alkyl halides is 3. The standard InChI is InChI=1S/C21H18F3N5O2/c1-20(30,14-10-11-25-18(12-14)31-2)16-4-3-5-17-27-19(28-29(16)17)26-15-8-6-13(7-9-15)21(22,23)24/h3-12,30H,1-2H3,(H,26,28). The fourth-order valence-corrected chi connectivity index (χ4v) is 3.17. The summed E-state index contributed by atoms with van der Waals surface area (Å²) >= 11 is 0. The SMILES string of the molecule is COc1cc(C(C)(O)c2cccc3nc(Nc4ccc(C(F)(F)F)cc4)nn23)ccn1. The van der Waals surface area contributed by atoms with Crippen molar-refractivity contribution in [3.8, 4) is 5.88 Å². The van der Waals surface area contributed by atoms with Crippen LogP contribution in [-0.2, 0) is 11.8 Å². The summed E-state index contributed by atoms with van der Waals surface area (Å²) in [6.45, 7) is 1.61. The van der Waals surface area contributed by atoms with E-state index in [1.807, 2.05) is 0 Å². The van der Waals surface area contributed by atoms with Gasteiger partial charge in [-0.2, -0.15) is 18.2 Å². The molecule has 0 bridgehead atoms. The predicted molar refractivity (Wildman–Crippen MR) is 107 cm³/mol. The Morgan fingerprint density at radius 3 is 2.45 bits per heavy atom. The number of nitrogens with zero attached hydrogens (tertiary/aromatic N) is 4. The second-order valence-corrected chi connectivity index (χ2v) is 6.98. The molecule has 0 spiro atoms. The fourth-order valence-electron chi connectivity index (χ4n) is 3.17. The van der Waals surface area contributed by atoms with E-state index < -0.39 is 17.3 Å². The number of aliphatic hydroxyl groups is 1. The van der Waals surface area contributed by atoms with E-state index in [4.69, 9.17) is 4.74 Å². The lowest BCUT2D eigenvalue weighted by atomic mass is 9.92. The quantitative estimate of drug-likeness (QED) is 0.496. The number of fused-ring (bicyclic) bond motifs is 1. The van der Waals surface area contributed by atoms with E-state index >= 15 is 0 Å². The third kappa shape index (κ3) is 4.02. The first kappa shape index (κ1) is 20.6. The van der Waals surface area contributed by atoms with Crippen molar-refractivity contribution in [2.75, 3.05) is 12.4 Å². The van der Waals surface area contributed by atoms with Gasteiger partial charge in [-0.15, -0.1) is 5.10 Å². The van der Waals surface area contributed by atoms with Crippen LogP contribution >= 0.6 is 0 Å². The largest absolute Gasteiger partial charge is 0.481 e. The van der Waals surface area contributed by atoms with Gasteiger partial charge in [0.2, 0.25) is 11.8 Å². The molecule has 7 nitrogen and oxygen atoms in total. The maximum Gasteiger partial charge on any atom is 0.416 e. The van der Waals surface area contributed by atoms with E-state index in [-0.39, 0.29) is 5.95 Å². The van der Waals surface area contributed by atoms with Crippen molar-refractivity contribution in [3.05, 3.63) is 77.6 Å². The maximum atomic E-state index is 12.7. The van der Waals surface area contributed by atoms with E-state index in [1.54, 1.807) is 37.3 Å². The van der Waals surface area contributed by atoms with Gasteiger partial charge in [-0.1, -0.05) is 6.07 Å². The molecule has 3 heterocycles. The molecule has 0 aliphatic heterocycles. The number of ether oxygens (including phenoxy) is 1. The van der Waals surface area contributed by atoms with Gasteiger partial charge in [0.1, 0.15) is 5.60 Å². The van der Waals surface area contributed by atoms with Gasteiger partial charge in [-0.3, -0.25) is 0 Å². The minimum absolute atomic E-state index is 0.176. The second kappa shape index (κ2) is 7.55. The molecule has 0 fully saturated rings. The molecule has 0 saturated carbocycles. The minimum atomic E-state index is -4.41. The number of pyridine rings is 2. The summed E-state index contributed by atoms with van der Waals surface area (Å²) in [4.78, 5) is 8.40. The van der Waals surface area contributed by atoms with Gasteiger partial charge in [0.25, 0.3) is 0 Å². The zero-order valence-corrected chi connectivity index (χ0v) is 16.6. The summed E-state index contributed by atoms with van der Waals surface area (Å²) in [7, 11) is 1.48. The van der Waals surface area contributed by atoms with E-state index in [2.05, 4.69) is 20.4 Å². The van der Waals surface area contributed by atoms with Crippen molar-refractivity contribution < 1.29 is 23.0 Å². The molecule has 160 valence electrons. The molecule has 1 unspecified atom stereocenters. The molecule has 3 aromatic heterocycles. The van der Waals surface area contributed by atoms with Gasteiger partial charge in [0.15, 0.2) is 5.65 Å². The molecule has 0 saturated heterocycles. The van der Waals surface area contributed by atoms with Crippen molar-refractivity contribution in [2.45, 2.75) is 18.7 Å². The number of aromatic nitrogens is 4. The number of nitrogens with one attached hydrogen (secondary N) is 1. The number of rotatable bonds is 5. The molecule has 4 rings (SSSR count). The lowest BCUT2D eigenvalue weighted by molar-refractivity contribution is -0.137. The number of hydrogen-bond acceptors (Lipinski definition) is 6. The topological polar surface area (TPSA) is 84.6 Å². The predicted octanol–water partition coefficient (Wildman–Crippen LogP) is 4.15. The van der Waals surface area contributed by atoms with Gasteiger partial charge >= 0.3 is 6.18 Å². The van der Waals surface area contributed by atoms with Gasteiger partial charge < -0.3 is 15.2 Å². The lowest BCUT2D eigenvalue weighted by Crippen LogP contribution is -2.26. The Labute approximate surface area is 175 Å². The average molecular weight is 429 g/mol. The molecule has 4 aromatic rings. The Kier molecular flexibility index (Phi) is 5.02. The molecule has 10 heteroatoms. The first-order valence-corrected chi connectivity index (χ1v) is 9.22. The van der Waals surface area contributed by atoms with Crippen LogP contribution in [0.4, 0.5) is 24.8 Å². The molecular weight excluding hydrogens is 411 g/mol. The molecule has 0 amide bonds. The van der Waals surface area contributed by atoms with E-state index in [9.17, 15) is 18.3 Å². The fraction of sp³-hybridized carbons (Fsp3) is 0.190. The Bertz CT molecular complexity index is 1220. The highest BCUT2D eigenvalue weighted by Gasteiger charge is 2.31. The highest BCUT2D eigenvalue weighted by molar-refractivity contribution is 5.57. The molecule has 31 heavy (non-hydrogen) atoms. The van der Waals surface area contributed by atoms with Crippen LogP contribution in [-0.4, -0.2) is 31.8 Å². The van der Waals surface area contributed by atoms with E-state index in [0.29, 0.717) is 28.5 Å². The van der Waals surface area contributed by atoms with Gasteiger partial charge in [0, 0.05) is 18.0 Å². The van der Waals surface area contributed by atoms with Gasteiger partial charge in [0.05, 0.1) is 18.4 Å². The minimum Gasteiger partial charge on any atom is -0.481 e. The Morgan fingerprint density at radius 2 is 1.77 bits per heavy atom. The number of hydrogen-bond donors (Lipinski definition) is 2. The molecular formula is C21H18F3N5O2. The monoisotopic (exact) mass is 429 g/mol. The first-order chi connectivity index (χ1) is 14.7. The Hall–Kier alpha value is -3.66. The normalized spacial score (nSPS) is 13.7. The third-order valence-electron chi connectivity index (χ3n) is 4.83. The zero-order chi connectivity index (χ0) is 22.2. The molecule has 0 aliphatic carbocycles. The van der Waals surface area contributed by atoms with Crippen molar-refractivity contribution in [1.82, 2.24) is 19.6 Å². The molecule has 2 N–H and O–H groups in total. The number of anilines is 2. The number of halogens is 3. The second-order valence-electron chi connectivity index (χ2n) is 6.98. The highest BCUT2D eigenvalue weighted by Crippen LogP contribution is 2.32. The molecule has 1 aromatic carbocycles. The van der Waals surface area contributed by atoms with E-state index in [1.165, 1.54) is 30.0 Å². The van der Waals surface area contributed by atoms with Crippen LogP contribution < -0.4 is 10.1 Å². The number of methoxy groups -OCH3 is 1. The van der Waals surface area contributed by atoms with Crippen LogP contribution in [0, 0.1) is 0 Å². The summed E-state index contributed by atoms with van der Waals surface area (Å²) in [5, 5.41) is 18.5. The zero-order valence-electron chi connectivity index (χ0n) is 16.6. The average Bonchev–Trinajstić information content (AvgIpc) is 3.15. The Balaban J connectivity index is 1.68. The van der Waals surface area contributed by atoms with Gasteiger partial charge in [-0.25, -0.2) is 9.50 Å². The smallest absolute Gasteiger partial charge is 0.416 e.